The van der Waals surface area contributed by atoms with Crippen LogP contribution >= 0.6 is 11.3 Å². The molecule has 1 atom stereocenters. The third-order valence-electron chi connectivity index (χ3n) is 3.99. The molecule has 2 aromatic rings. The van der Waals surface area contributed by atoms with Crippen molar-refractivity contribution in [2.24, 2.45) is 0 Å². The summed E-state index contributed by atoms with van der Waals surface area (Å²) in [7, 11) is 0. The molecule has 1 aliphatic heterocycles. The first-order chi connectivity index (χ1) is 10.7. The smallest absolute Gasteiger partial charge is 0.319 e. The van der Waals surface area contributed by atoms with Crippen molar-refractivity contribution in [1.29, 1.82) is 0 Å². The van der Waals surface area contributed by atoms with Gasteiger partial charge in [0.25, 0.3) is 0 Å². The Labute approximate surface area is 135 Å². The van der Waals surface area contributed by atoms with E-state index in [9.17, 15) is 4.79 Å². The van der Waals surface area contributed by atoms with Gasteiger partial charge in [0.1, 0.15) is 0 Å². The number of hydrogen-bond acceptors (Lipinski definition) is 3. The Morgan fingerprint density at radius 2 is 2.23 bits per heavy atom. The molecule has 1 aromatic carbocycles. The molecule has 2 N–H and O–H groups in total. The van der Waals surface area contributed by atoms with Crippen LogP contribution < -0.4 is 10.6 Å². The Hall–Kier alpha value is -1.85. The predicted molar refractivity (Wildman–Crippen MR) is 91.3 cm³/mol. The van der Waals surface area contributed by atoms with Gasteiger partial charge in [0, 0.05) is 31.4 Å². The molecule has 3 rings (SSSR count). The van der Waals surface area contributed by atoms with E-state index in [1.807, 2.05) is 31.2 Å². The van der Waals surface area contributed by atoms with E-state index in [2.05, 4.69) is 32.4 Å². The van der Waals surface area contributed by atoms with Gasteiger partial charge >= 0.3 is 6.03 Å². The number of rotatable bonds is 4. The molecule has 5 heteroatoms. The van der Waals surface area contributed by atoms with Gasteiger partial charge in [0.2, 0.25) is 0 Å². The quantitative estimate of drug-likeness (QED) is 0.907. The van der Waals surface area contributed by atoms with E-state index in [0.29, 0.717) is 0 Å². The molecule has 1 aromatic heterocycles. The number of nitrogens with one attached hydrogen (secondary N) is 2. The number of hydrogen-bond donors (Lipinski definition) is 2. The maximum atomic E-state index is 12.1. The van der Waals surface area contributed by atoms with Gasteiger partial charge in [-0.3, -0.25) is 4.90 Å². The zero-order chi connectivity index (χ0) is 15.4. The van der Waals surface area contributed by atoms with E-state index in [-0.39, 0.29) is 12.1 Å². The highest BCUT2D eigenvalue weighted by atomic mass is 32.1. The van der Waals surface area contributed by atoms with E-state index < -0.39 is 0 Å². The van der Waals surface area contributed by atoms with Crippen molar-refractivity contribution in [1.82, 2.24) is 10.2 Å². The molecule has 116 valence electrons. The summed E-state index contributed by atoms with van der Waals surface area (Å²) in [6.45, 7) is 4.91. The van der Waals surface area contributed by atoms with Crippen LogP contribution in [-0.4, -0.2) is 30.1 Å². The molecular formula is C17H21N3OS. The van der Waals surface area contributed by atoms with Gasteiger partial charge in [-0.25, -0.2) is 4.79 Å². The maximum Gasteiger partial charge on any atom is 0.319 e. The summed E-state index contributed by atoms with van der Waals surface area (Å²) in [6.07, 6.45) is 1.01. The molecule has 0 aliphatic carbocycles. The summed E-state index contributed by atoms with van der Waals surface area (Å²) >= 11 is 1.73. The number of nitrogens with zero attached hydrogens (tertiary/aromatic N) is 1. The number of aryl methyl sites for hydroxylation is 1. The first-order valence-electron chi connectivity index (χ1n) is 7.57. The SMILES string of the molecule is Cc1ccccc1NC(=O)N[C@H]1CCN(Cc2ccsc2)C1. The van der Waals surface area contributed by atoms with Gasteiger partial charge in [-0.15, -0.1) is 0 Å². The fourth-order valence-electron chi connectivity index (χ4n) is 2.79. The standard InChI is InChI=1S/C17H21N3OS/c1-13-4-2-3-5-16(13)19-17(21)18-15-6-8-20(11-15)10-14-7-9-22-12-14/h2-5,7,9,12,15H,6,8,10-11H2,1H3,(H2,18,19,21)/t15-/m0/s1. The molecular weight excluding hydrogens is 294 g/mol. The number of urea groups is 1. The Bertz CT molecular complexity index is 627. The number of benzene rings is 1. The van der Waals surface area contributed by atoms with Crippen molar-refractivity contribution in [3.63, 3.8) is 0 Å². The normalized spacial score (nSPS) is 18.3. The van der Waals surface area contributed by atoms with Crippen LogP contribution in [0.5, 0.6) is 0 Å². The van der Waals surface area contributed by atoms with E-state index in [0.717, 1.165) is 37.3 Å². The predicted octanol–water partition coefficient (Wildman–Crippen LogP) is 3.45. The minimum Gasteiger partial charge on any atom is -0.334 e. The van der Waals surface area contributed by atoms with Gasteiger partial charge in [-0.1, -0.05) is 18.2 Å². The molecule has 1 fully saturated rings. The number of para-hydroxylation sites is 1. The van der Waals surface area contributed by atoms with Crippen LogP contribution in [0, 0.1) is 6.92 Å². The molecule has 22 heavy (non-hydrogen) atoms. The highest BCUT2D eigenvalue weighted by Crippen LogP contribution is 2.16. The lowest BCUT2D eigenvalue weighted by Crippen LogP contribution is -2.39. The van der Waals surface area contributed by atoms with Gasteiger partial charge in [0.05, 0.1) is 0 Å². The minimum atomic E-state index is -0.114. The van der Waals surface area contributed by atoms with Gasteiger partial charge in [0.15, 0.2) is 0 Å². The summed E-state index contributed by atoms with van der Waals surface area (Å²) in [5.74, 6) is 0. The molecule has 1 aliphatic rings. The number of likely N-dealkylation sites (tertiary alicyclic amines) is 1. The summed E-state index contributed by atoms with van der Waals surface area (Å²) in [5, 5.41) is 10.3. The summed E-state index contributed by atoms with van der Waals surface area (Å²) in [5.41, 5.74) is 3.30. The molecule has 4 nitrogen and oxygen atoms in total. The van der Waals surface area contributed by atoms with Crippen molar-refractivity contribution < 1.29 is 4.79 Å². The van der Waals surface area contributed by atoms with Crippen LogP contribution in [0.2, 0.25) is 0 Å². The lowest BCUT2D eigenvalue weighted by Gasteiger charge is -2.17. The van der Waals surface area contributed by atoms with Crippen LogP contribution in [0.15, 0.2) is 41.1 Å². The number of thiophene rings is 1. The lowest BCUT2D eigenvalue weighted by molar-refractivity contribution is 0.247. The van der Waals surface area contributed by atoms with E-state index in [1.165, 1.54) is 5.56 Å². The van der Waals surface area contributed by atoms with Crippen LogP contribution in [0.1, 0.15) is 17.5 Å². The van der Waals surface area contributed by atoms with Crippen molar-refractivity contribution in [2.75, 3.05) is 18.4 Å². The Morgan fingerprint density at radius 3 is 3.00 bits per heavy atom. The highest BCUT2D eigenvalue weighted by Gasteiger charge is 2.23. The number of carbonyl (C=O) groups excluding carboxylic acids is 1. The van der Waals surface area contributed by atoms with Crippen molar-refractivity contribution in [3.05, 3.63) is 52.2 Å². The molecule has 0 unspecified atom stereocenters. The first-order valence-corrected chi connectivity index (χ1v) is 8.51. The lowest BCUT2D eigenvalue weighted by atomic mass is 10.2. The molecule has 2 heterocycles. The largest absolute Gasteiger partial charge is 0.334 e. The Morgan fingerprint density at radius 1 is 1.36 bits per heavy atom. The van der Waals surface area contributed by atoms with Crippen LogP contribution in [0.25, 0.3) is 0 Å². The average molecular weight is 315 g/mol. The second kappa shape index (κ2) is 6.94. The average Bonchev–Trinajstić information content (AvgIpc) is 3.14. The zero-order valence-electron chi connectivity index (χ0n) is 12.7. The van der Waals surface area contributed by atoms with Gasteiger partial charge in [-0.2, -0.15) is 11.3 Å². The van der Waals surface area contributed by atoms with E-state index >= 15 is 0 Å². The molecule has 0 bridgehead atoms. The van der Waals surface area contributed by atoms with E-state index in [4.69, 9.17) is 0 Å². The second-order valence-electron chi connectivity index (χ2n) is 5.77. The molecule has 1 saturated heterocycles. The van der Waals surface area contributed by atoms with Gasteiger partial charge < -0.3 is 10.6 Å². The second-order valence-corrected chi connectivity index (χ2v) is 6.55. The molecule has 0 spiro atoms. The van der Waals surface area contributed by atoms with Crippen molar-refractivity contribution in [3.8, 4) is 0 Å². The van der Waals surface area contributed by atoms with Crippen LogP contribution in [-0.2, 0) is 6.54 Å². The number of anilines is 1. The summed E-state index contributed by atoms with van der Waals surface area (Å²) in [4.78, 5) is 14.5. The fraction of sp³-hybridized carbons (Fsp3) is 0.353. The Balaban J connectivity index is 1.47. The minimum absolute atomic E-state index is 0.114. The molecule has 0 saturated carbocycles. The van der Waals surface area contributed by atoms with Crippen molar-refractivity contribution >= 4 is 23.1 Å². The topological polar surface area (TPSA) is 44.4 Å². The summed E-state index contributed by atoms with van der Waals surface area (Å²) in [6, 6.07) is 10.1. The van der Waals surface area contributed by atoms with Crippen LogP contribution in [0.4, 0.5) is 10.5 Å². The third kappa shape index (κ3) is 3.87. The van der Waals surface area contributed by atoms with Gasteiger partial charge in [-0.05, 0) is 47.4 Å². The van der Waals surface area contributed by atoms with E-state index in [1.54, 1.807) is 11.3 Å². The zero-order valence-corrected chi connectivity index (χ0v) is 13.5. The maximum absolute atomic E-state index is 12.1. The monoisotopic (exact) mass is 315 g/mol. The summed E-state index contributed by atoms with van der Waals surface area (Å²) < 4.78 is 0. The highest BCUT2D eigenvalue weighted by molar-refractivity contribution is 7.07. The molecule has 2 amide bonds. The number of amides is 2. The van der Waals surface area contributed by atoms with Crippen molar-refractivity contribution in [2.45, 2.75) is 25.9 Å². The fourth-order valence-corrected chi connectivity index (χ4v) is 3.45. The third-order valence-corrected chi connectivity index (χ3v) is 4.72. The Kier molecular flexibility index (Phi) is 4.75. The number of carbonyl (C=O) groups is 1. The first kappa shape index (κ1) is 15.1. The van der Waals surface area contributed by atoms with Crippen LogP contribution in [0.3, 0.4) is 0 Å². The molecule has 0 radical (unpaired) electrons.